The summed E-state index contributed by atoms with van der Waals surface area (Å²) in [6.45, 7) is 4.76. The Morgan fingerprint density at radius 1 is 1.15 bits per heavy atom. The van der Waals surface area contributed by atoms with Gasteiger partial charge in [0.1, 0.15) is 5.75 Å². The van der Waals surface area contributed by atoms with Gasteiger partial charge in [-0.1, -0.05) is 32.4 Å². The Morgan fingerprint density at radius 3 is 2.45 bits per heavy atom. The fraction of sp³-hybridized carbons (Fsp3) is 0.667. The summed E-state index contributed by atoms with van der Waals surface area (Å²) >= 11 is 0. The van der Waals surface area contributed by atoms with Crippen LogP contribution in [-0.2, 0) is 6.42 Å². The van der Waals surface area contributed by atoms with Crippen molar-refractivity contribution in [3.63, 3.8) is 0 Å². The molecule has 2 N–H and O–H groups in total. The maximum Gasteiger partial charge on any atom is 0.118 e. The average Bonchev–Trinajstić information content (AvgIpc) is 2.48. The molecule has 0 amide bonds. The lowest BCUT2D eigenvalue weighted by molar-refractivity contribution is 0.182. The molecule has 20 heavy (non-hydrogen) atoms. The van der Waals surface area contributed by atoms with Crippen LogP contribution in [0.3, 0.4) is 0 Å². The van der Waals surface area contributed by atoms with Crippen molar-refractivity contribution in [2.75, 3.05) is 7.11 Å². The first-order chi connectivity index (χ1) is 9.60. The molecular weight excluding hydrogens is 246 g/mol. The molecule has 4 unspecified atom stereocenters. The van der Waals surface area contributed by atoms with Gasteiger partial charge in [0.15, 0.2) is 0 Å². The normalized spacial score (nSPS) is 28.1. The van der Waals surface area contributed by atoms with E-state index in [1.54, 1.807) is 7.11 Å². The van der Waals surface area contributed by atoms with E-state index in [0.717, 1.165) is 36.3 Å². The number of nitrogens with two attached hydrogens (primary N) is 1. The zero-order valence-electron chi connectivity index (χ0n) is 13.1. The first-order valence-electron chi connectivity index (χ1n) is 7.98. The molecule has 0 heterocycles. The molecule has 0 bridgehead atoms. The van der Waals surface area contributed by atoms with E-state index < -0.39 is 0 Å². The lowest BCUT2D eigenvalue weighted by atomic mass is 9.72. The fourth-order valence-corrected chi connectivity index (χ4v) is 3.34. The van der Waals surface area contributed by atoms with Gasteiger partial charge < -0.3 is 10.5 Å². The number of methoxy groups -OCH3 is 1. The van der Waals surface area contributed by atoms with E-state index >= 15 is 0 Å². The lowest BCUT2D eigenvalue weighted by Gasteiger charge is -2.35. The minimum atomic E-state index is 0.354. The van der Waals surface area contributed by atoms with E-state index in [2.05, 4.69) is 26.0 Å². The first kappa shape index (κ1) is 15.4. The third kappa shape index (κ3) is 3.99. The molecule has 2 nitrogen and oxygen atoms in total. The molecule has 0 aliphatic heterocycles. The molecule has 1 aliphatic rings. The van der Waals surface area contributed by atoms with Crippen LogP contribution < -0.4 is 10.5 Å². The Kier molecular flexibility index (Phi) is 5.47. The SMILES string of the molecule is COc1ccc(CCC(N)C2CCC(C)C(C)C2)cc1. The largest absolute Gasteiger partial charge is 0.497 e. The van der Waals surface area contributed by atoms with Gasteiger partial charge in [-0.25, -0.2) is 0 Å². The van der Waals surface area contributed by atoms with Gasteiger partial charge in [0.05, 0.1) is 7.11 Å². The zero-order chi connectivity index (χ0) is 14.5. The molecule has 4 atom stereocenters. The van der Waals surface area contributed by atoms with Crippen molar-refractivity contribution in [3.05, 3.63) is 29.8 Å². The predicted octanol–water partition coefficient (Wildman–Crippen LogP) is 4.03. The summed E-state index contributed by atoms with van der Waals surface area (Å²) in [5, 5.41) is 0. The smallest absolute Gasteiger partial charge is 0.118 e. The van der Waals surface area contributed by atoms with Crippen molar-refractivity contribution in [3.8, 4) is 5.75 Å². The van der Waals surface area contributed by atoms with Gasteiger partial charge in [-0.15, -0.1) is 0 Å². The number of benzene rings is 1. The molecule has 0 radical (unpaired) electrons. The highest BCUT2D eigenvalue weighted by Gasteiger charge is 2.28. The number of hydrogen-bond acceptors (Lipinski definition) is 2. The van der Waals surface area contributed by atoms with Gasteiger partial charge in [0, 0.05) is 6.04 Å². The summed E-state index contributed by atoms with van der Waals surface area (Å²) in [4.78, 5) is 0. The second kappa shape index (κ2) is 7.12. The van der Waals surface area contributed by atoms with E-state index in [-0.39, 0.29) is 0 Å². The average molecular weight is 275 g/mol. The van der Waals surface area contributed by atoms with Crippen LogP contribution in [0.25, 0.3) is 0 Å². The summed E-state index contributed by atoms with van der Waals surface area (Å²) in [5.41, 5.74) is 7.80. The van der Waals surface area contributed by atoms with Crippen LogP contribution in [0.4, 0.5) is 0 Å². The monoisotopic (exact) mass is 275 g/mol. The Hall–Kier alpha value is -1.02. The van der Waals surface area contributed by atoms with Crippen LogP contribution in [0, 0.1) is 17.8 Å². The molecule has 1 saturated carbocycles. The summed E-state index contributed by atoms with van der Waals surface area (Å²) < 4.78 is 5.19. The van der Waals surface area contributed by atoms with E-state index in [4.69, 9.17) is 10.5 Å². The number of aryl methyl sites for hydroxylation is 1. The number of ether oxygens (including phenoxy) is 1. The van der Waals surface area contributed by atoms with Crippen molar-refractivity contribution in [1.82, 2.24) is 0 Å². The lowest BCUT2D eigenvalue weighted by Crippen LogP contribution is -2.35. The highest BCUT2D eigenvalue weighted by Crippen LogP contribution is 2.35. The van der Waals surface area contributed by atoms with Gasteiger partial charge in [0.25, 0.3) is 0 Å². The highest BCUT2D eigenvalue weighted by molar-refractivity contribution is 5.27. The van der Waals surface area contributed by atoms with Crippen LogP contribution in [0.15, 0.2) is 24.3 Å². The standard InChI is InChI=1S/C18H29NO/c1-13-4-8-16(12-14(13)2)18(19)11-7-15-5-9-17(20-3)10-6-15/h5-6,9-10,13-14,16,18H,4,7-8,11-12,19H2,1-3H3. The van der Waals surface area contributed by atoms with Crippen molar-refractivity contribution >= 4 is 0 Å². The molecule has 1 fully saturated rings. The van der Waals surface area contributed by atoms with Crippen LogP contribution >= 0.6 is 0 Å². The van der Waals surface area contributed by atoms with Crippen LogP contribution in [-0.4, -0.2) is 13.2 Å². The number of hydrogen-bond donors (Lipinski definition) is 1. The van der Waals surface area contributed by atoms with E-state index in [1.807, 2.05) is 12.1 Å². The Bertz CT molecular complexity index is 400. The Morgan fingerprint density at radius 2 is 1.85 bits per heavy atom. The second-order valence-corrected chi connectivity index (χ2v) is 6.58. The van der Waals surface area contributed by atoms with Crippen LogP contribution in [0.2, 0.25) is 0 Å². The Balaban J connectivity index is 1.80. The minimum absolute atomic E-state index is 0.354. The van der Waals surface area contributed by atoms with Gasteiger partial charge in [-0.05, 0) is 61.1 Å². The minimum Gasteiger partial charge on any atom is -0.497 e. The molecule has 1 aliphatic carbocycles. The summed E-state index contributed by atoms with van der Waals surface area (Å²) in [6, 6.07) is 8.72. The maximum absolute atomic E-state index is 6.44. The van der Waals surface area contributed by atoms with E-state index in [9.17, 15) is 0 Å². The van der Waals surface area contributed by atoms with E-state index in [1.165, 1.54) is 24.8 Å². The molecule has 1 aromatic rings. The number of rotatable bonds is 5. The summed E-state index contributed by atoms with van der Waals surface area (Å²) in [7, 11) is 1.70. The van der Waals surface area contributed by atoms with E-state index in [0.29, 0.717) is 6.04 Å². The zero-order valence-corrected chi connectivity index (χ0v) is 13.1. The van der Waals surface area contributed by atoms with Gasteiger partial charge in [-0.2, -0.15) is 0 Å². The van der Waals surface area contributed by atoms with Gasteiger partial charge >= 0.3 is 0 Å². The predicted molar refractivity (Wildman–Crippen MR) is 85.0 cm³/mol. The van der Waals surface area contributed by atoms with Crippen molar-refractivity contribution < 1.29 is 4.74 Å². The first-order valence-corrected chi connectivity index (χ1v) is 7.98. The molecule has 112 valence electrons. The molecular formula is C18H29NO. The van der Waals surface area contributed by atoms with Gasteiger partial charge in [0.2, 0.25) is 0 Å². The molecule has 0 saturated heterocycles. The van der Waals surface area contributed by atoms with Crippen LogP contribution in [0.5, 0.6) is 5.75 Å². The molecule has 0 aromatic heterocycles. The van der Waals surface area contributed by atoms with Gasteiger partial charge in [-0.3, -0.25) is 0 Å². The third-order valence-corrected chi connectivity index (χ3v) is 5.17. The third-order valence-electron chi connectivity index (χ3n) is 5.17. The van der Waals surface area contributed by atoms with Crippen molar-refractivity contribution in [2.24, 2.45) is 23.5 Å². The second-order valence-electron chi connectivity index (χ2n) is 6.58. The Labute approximate surface area is 123 Å². The summed E-state index contributed by atoms with van der Waals surface area (Å²) in [5.74, 6) is 3.36. The quantitative estimate of drug-likeness (QED) is 0.880. The molecule has 0 spiro atoms. The van der Waals surface area contributed by atoms with Crippen LogP contribution in [0.1, 0.15) is 45.1 Å². The molecule has 1 aromatic carbocycles. The fourth-order valence-electron chi connectivity index (χ4n) is 3.34. The maximum atomic E-state index is 6.44. The summed E-state index contributed by atoms with van der Waals surface area (Å²) in [6.07, 6.45) is 6.14. The topological polar surface area (TPSA) is 35.2 Å². The molecule has 2 heteroatoms. The van der Waals surface area contributed by atoms with Crippen molar-refractivity contribution in [2.45, 2.75) is 52.0 Å². The van der Waals surface area contributed by atoms with Crippen molar-refractivity contribution in [1.29, 1.82) is 0 Å². The molecule has 2 rings (SSSR count). The highest BCUT2D eigenvalue weighted by atomic mass is 16.5.